The Hall–Kier alpha value is -2.78. The van der Waals surface area contributed by atoms with Gasteiger partial charge in [-0.3, -0.25) is 9.35 Å². The van der Waals surface area contributed by atoms with E-state index in [2.05, 4.69) is 4.74 Å². The molecule has 0 unspecified atom stereocenters. The van der Waals surface area contributed by atoms with Crippen molar-refractivity contribution in [2.45, 2.75) is 30.3 Å². The van der Waals surface area contributed by atoms with Crippen LogP contribution in [-0.2, 0) is 20.8 Å². The topological polar surface area (TPSA) is 89.9 Å². The van der Waals surface area contributed by atoms with Gasteiger partial charge in [-0.15, -0.1) is 0 Å². The van der Waals surface area contributed by atoms with Gasteiger partial charge in [0, 0.05) is 16.7 Å². The first-order chi connectivity index (χ1) is 15.3. The zero-order valence-corrected chi connectivity index (χ0v) is 17.8. The maximum Gasteiger partial charge on any atom is 0.460 e. The van der Waals surface area contributed by atoms with Gasteiger partial charge in [0.25, 0.3) is 0 Å². The SMILES string of the molecule is COc1ccc(C(=O)c2ccc(C)c(C(F)(F)C(F)(F)OC(F)(F)C(F)(F)S(=O)(=O)O)c2)cc1. The Balaban J connectivity index is 2.49. The summed E-state index contributed by atoms with van der Waals surface area (Å²) in [5.74, 6) is -6.40. The van der Waals surface area contributed by atoms with Gasteiger partial charge >= 0.3 is 33.5 Å². The van der Waals surface area contributed by atoms with Gasteiger partial charge in [-0.2, -0.15) is 43.5 Å². The van der Waals surface area contributed by atoms with Gasteiger partial charge in [-0.05, 0) is 42.8 Å². The number of halogens is 8. The van der Waals surface area contributed by atoms with Gasteiger partial charge in [-0.1, -0.05) is 12.1 Å². The lowest BCUT2D eigenvalue weighted by molar-refractivity contribution is -0.459. The minimum Gasteiger partial charge on any atom is -0.497 e. The highest BCUT2D eigenvalue weighted by molar-refractivity contribution is 7.86. The molecule has 2 aromatic rings. The first-order valence-electron chi connectivity index (χ1n) is 8.77. The third-order valence-electron chi connectivity index (χ3n) is 4.47. The van der Waals surface area contributed by atoms with E-state index in [-0.39, 0.29) is 11.6 Å². The van der Waals surface area contributed by atoms with Gasteiger partial charge in [0.05, 0.1) is 7.11 Å². The maximum absolute atomic E-state index is 14.6. The maximum atomic E-state index is 14.6. The van der Waals surface area contributed by atoms with Gasteiger partial charge in [0.15, 0.2) is 5.78 Å². The van der Waals surface area contributed by atoms with Crippen LogP contribution in [0.25, 0.3) is 0 Å². The second-order valence-corrected chi connectivity index (χ2v) is 8.25. The van der Waals surface area contributed by atoms with Crippen molar-refractivity contribution in [2.24, 2.45) is 0 Å². The van der Waals surface area contributed by atoms with Gasteiger partial charge in [0.1, 0.15) is 5.75 Å². The van der Waals surface area contributed by atoms with Gasteiger partial charge in [0.2, 0.25) is 0 Å². The Bertz CT molecular complexity index is 1180. The molecule has 0 saturated heterocycles. The van der Waals surface area contributed by atoms with E-state index in [1.54, 1.807) is 0 Å². The predicted molar refractivity (Wildman–Crippen MR) is 99.0 cm³/mol. The molecule has 188 valence electrons. The van der Waals surface area contributed by atoms with E-state index >= 15 is 0 Å². The molecule has 0 saturated carbocycles. The highest BCUT2D eigenvalue weighted by atomic mass is 32.2. The number of ketones is 1. The molecule has 34 heavy (non-hydrogen) atoms. The number of benzene rings is 2. The summed E-state index contributed by atoms with van der Waals surface area (Å²) in [4.78, 5) is 12.5. The number of methoxy groups -OCH3 is 1. The van der Waals surface area contributed by atoms with Crippen LogP contribution in [0.15, 0.2) is 42.5 Å². The average Bonchev–Trinajstić information content (AvgIpc) is 2.71. The van der Waals surface area contributed by atoms with Crippen LogP contribution in [0.2, 0.25) is 0 Å². The average molecular weight is 522 g/mol. The highest BCUT2D eigenvalue weighted by Gasteiger charge is 2.74. The monoisotopic (exact) mass is 522 g/mol. The Labute approximate surface area is 186 Å². The van der Waals surface area contributed by atoms with Crippen molar-refractivity contribution >= 4 is 15.9 Å². The van der Waals surface area contributed by atoms with E-state index in [1.807, 2.05) is 0 Å². The lowest BCUT2D eigenvalue weighted by Gasteiger charge is -2.32. The van der Waals surface area contributed by atoms with Crippen LogP contribution >= 0.6 is 0 Å². The Morgan fingerprint density at radius 2 is 1.35 bits per heavy atom. The van der Waals surface area contributed by atoms with E-state index < -0.39 is 56.0 Å². The number of aryl methyl sites for hydroxylation is 1. The van der Waals surface area contributed by atoms with Gasteiger partial charge < -0.3 is 4.74 Å². The summed E-state index contributed by atoms with van der Waals surface area (Å²) in [6.45, 7) is 0.825. The number of alkyl halides is 8. The van der Waals surface area contributed by atoms with Crippen molar-refractivity contribution in [3.63, 3.8) is 0 Å². The molecule has 0 atom stereocenters. The van der Waals surface area contributed by atoms with Crippen molar-refractivity contribution in [3.05, 3.63) is 64.7 Å². The number of carbonyl (C=O) groups is 1. The molecular weight excluding hydrogens is 508 g/mol. The smallest absolute Gasteiger partial charge is 0.460 e. The van der Waals surface area contributed by atoms with Crippen molar-refractivity contribution in [2.75, 3.05) is 7.11 Å². The fourth-order valence-corrected chi connectivity index (χ4v) is 2.94. The quantitative estimate of drug-likeness (QED) is 0.283. The third kappa shape index (κ3) is 4.86. The Morgan fingerprint density at radius 1 is 0.853 bits per heavy atom. The van der Waals surface area contributed by atoms with Crippen LogP contribution in [-0.4, -0.2) is 43.3 Å². The van der Waals surface area contributed by atoms with Crippen LogP contribution in [0.3, 0.4) is 0 Å². The zero-order valence-electron chi connectivity index (χ0n) is 17.0. The normalized spacial score (nSPS) is 13.6. The zero-order chi connectivity index (χ0) is 26.3. The predicted octanol–water partition coefficient (Wildman–Crippen LogP) is 5.01. The molecule has 0 aliphatic carbocycles. The number of hydrogen-bond donors (Lipinski definition) is 1. The summed E-state index contributed by atoms with van der Waals surface area (Å²) < 4.78 is 147. The largest absolute Gasteiger partial charge is 0.497 e. The van der Waals surface area contributed by atoms with Crippen LogP contribution < -0.4 is 4.74 Å². The molecule has 0 bridgehead atoms. The second kappa shape index (κ2) is 8.78. The summed E-state index contributed by atoms with van der Waals surface area (Å²) in [5.41, 5.74) is -3.12. The summed E-state index contributed by atoms with van der Waals surface area (Å²) in [6.07, 6.45) is -13.2. The molecule has 0 aromatic heterocycles. The molecule has 0 amide bonds. The lowest BCUT2D eigenvalue weighted by Crippen LogP contribution is -2.55. The minimum absolute atomic E-state index is 0.0961. The van der Waals surface area contributed by atoms with Crippen molar-refractivity contribution in [1.29, 1.82) is 0 Å². The summed E-state index contributed by atoms with van der Waals surface area (Å²) >= 11 is 0. The first-order valence-corrected chi connectivity index (χ1v) is 10.2. The number of ether oxygens (including phenoxy) is 2. The summed E-state index contributed by atoms with van der Waals surface area (Å²) in [6, 6.07) is 7.04. The highest BCUT2D eigenvalue weighted by Crippen LogP contribution is 2.51. The lowest BCUT2D eigenvalue weighted by atomic mass is 9.95. The molecule has 0 spiro atoms. The Morgan fingerprint density at radius 3 is 1.82 bits per heavy atom. The second-order valence-electron chi connectivity index (χ2n) is 6.79. The molecule has 1 N–H and O–H groups in total. The number of hydrogen-bond acceptors (Lipinski definition) is 5. The van der Waals surface area contributed by atoms with Crippen molar-refractivity contribution in [3.8, 4) is 5.75 Å². The fraction of sp³-hybridized carbons (Fsp3) is 0.316. The number of rotatable bonds is 9. The van der Waals surface area contributed by atoms with Crippen LogP contribution in [0.5, 0.6) is 5.75 Å². The molecular formula is C19H14F8O6S. The minimum atomic E-state index is -7.04. The summed E-state index contributed by atoms with van der Waals surface area (Å²) in [5, 5.41) is -6.69. The molecule has 0 aliphatic heterocycles. The van der Waals surface area contributed by atoms with Crippen molar-refractivity contribution in [1.82, 2.24) is 0 Å². The van der Waals surface area contributed by atoms with E-state index in [9.17, 15) is 48.3 Å². The molecule has 0 radical (unpaired) electrons. The number of carbonyl (C=O) groups excluding carboxylic acids is 1. The Kier molecular flexibility index (Phi) is 7.09. The van der Waals surface area contributed by atoms with E-state index in [1.165, 1.54) is 31.4 Å². The first kappa shape index (κ1) is 27.5. The molecule has 15 heteroatoms. The molecule has 0 fully saturated rings. The summed E-state index contributed by atoms with van der Waals surface area (Å²) in [7, 11) is -5.72. The van der Waals surface area contributed by atoms with Crippen LogP contribution in [0.4, 0.5) is 35.1 Å². The molecule has 2 aromatic carbocycles. The van der Waals surface area contributed by atoms with E-state index in [4.69, 9.17) is 9.29 Å². The van der Waals surface area contributed by atoms with E-state index in [0.29, 0.717) is 5.75 Å². The van der Waals surface area contributed by atoms with Crippen molar-refractivity contribution < 1.29 is 62.4 Å². The molecule has 0 heterocycles. The molecule has 0 aliphatic rings. The van der Waals surface area contributed by atoms with Crippen LogP contribution in [0, 0.1) is 6.92 Å². The van der Waals surface area contributed by atoms with E-state index in [0.717, 1.165) is 19.1 Å². The standard InChI is InChI=1S/C19H14F8O6S/c1-10-3-4-12(15(28)11-5-7-13(32-2)8-6-11)9-14(10)16(20,21)17(22,23)33-18(24,25)19(26,27)34(29,30)31/h3-9H,1-2H3,(H,29,30,31). The van der Waals surface area contributed by atoms with Gasteiger partial charge in [-0.25, -0.2) is 4.74 Å². The molecule has 2 rings (SSSR count). The molecule has 6 nitrogen and oxygen atoms in total. The third-order valence-corrected chi connectivity index (χ3v) is 5.36. The fourth-order valence-electron chi connectivity index (χ4n) is 2.60. The van der Waals surface area contributed by atoms with Crippen LogP contribution in [0.1, 0.15) is 27.0 Å².